The monoisotopic (exact) mass is 570 g/mol. The molecule has 1 unspecified atom stereocenters. The number of aryl methyl sites for hydroxylation is 2. The fourth-order valence-corrected chi connectivity index (χ4v) is 8.13. The molecule has 0 radical (unpaired) electrons. The third kappa shape index (κ3) is 6.05. The Morgan fingerprint density at radius 3 is 2.54 bits per heavy atom. The van der Waals surface area contributed by atoms with Crippen molar-refractivity contribution in [3.8, 4) is 0 Å². The SMILES string of the molecule is Cc1ccc2sc(N(CCCN3CCOCC3)C(=O)c3ccc(S(=O)(=O)N4CCCCC4C)cc3)nc2c1C. The van der Waals surface area contributed by atoms with Crippen molar-refractivity contribution in [2.75, 3.05) is 50.8 Å². The third-order valence-electron chi connectivity index (χ3n) is 7.96. The number of fused-ring (bicyclic) bond motifs is 1. The maximum atomic E-state index is 13.9. The van der Waals surface area contributed by atoms with E-state index >= 15 is 0 Å². The highest BCUT2D eigenvalue weighted by molar-refractivity contribution is 7.89. The summed E-state index contributed by atoms with van der Waals surface area (Å²) in [5.41, 5.74) is 3.68. The van der Waals surface area contributed by atoms with Gasteiger partial charge in [0.05, 0.1) is 28.3 Å². The Labute approximate surface area is 235 Å². The predicted molar refractivity (Wildman–Crippen MR) is 156 cm³/mol. The Balaban J connectivity index is 1.39. The summed E-state index contributed by atoms with van der Waals surface area (Å²) in [5, 5.41) is 0.671. The number of sulfonamides is 1. The van der Waals surface area contributed by atoms with E-state index in [9.17, 15) is 13.2 Å². The summed E-state index contributed by atoms with van der Waals surface area (Å²) in [6.07, 6.45) is 3.60. The van der Waals surface area contributed by atoms with Crippen LogP contribution >= 0.6 is 11.3 Å². The minimum atomic E-state index is -3.60. The number of morpholine rings is 1. The number of carbonyl (C=O) groups excluding carboxylic acids is 1. The predicted octanol–water partition coefficient (Wildman–Crippen LogP) is 4.85. The minimum absolute atomic E-state index is 0.0156. The molecule has 2 saturated heterocycles. The van der Waals surface area contributed by atoms with Gasteiger partial charge in [0.25, 0.3) is 5.91 Å². The highest BCUT2D eigenvalue weighted by Gasteiger charge is 2.31. The van der Waals surface area contributed by atoms with Gasteiger partial charge in [-0.3, -0.25) is 14.6 Å². The molecule has 2 aromatic carbocycles. The average molecular weight is 571 g/mol. The van der Waals surface area contributed by atoms with Gasteiger partial charge in [0.15, 0.2) is 5.13 Å². The molecular weight excluding hydrogens is 532 g/mol. The largest absolute Gasteiger partial charge is 0.379 e. The van der Waals surface area contributed by atoms with Crippen LogP contribution in [-0.2, 0) is 14.8 Å². The fourth-order valence-electron chi connectivity index (χ4n) is 5.38. The number of piperidine rings is 1. The molecule has 3 heterocycles. The fraction of sp³-hybridized carbons (Fsp3) is 0.517. The first kappa shape index (κ1) is 28.2. The summed E-state index contributed by atoms with van der Waals surface area (Å²) in [4.78, 5) is 23.1. The van der Waals surface area contributed by atoms with Crippen molar-refractivity contribution in [3.05, 3.63) is 53.1 Å². The van der Waals surface area contributed by atoms with Crippen molar-refractivity contribution in [1.82, 2.24) is 14.2 Å². The van der Waals surface area contributed by atoms with Crippen molar-refractivity contribution >= 4 is 42.6 Å². The molecule has 0 spiro atoms. The summed E-state index contributed by atoms with van der Waals surface area (Å²) in [7, 11) is -3.60. The van der Waals surface area contributed by atoms with Gasteiger partial charge in [0.1, 0.15) is 0 Å². The smallest absolute Gasteiger partial charge is 0.260 e. The number of nitrogens with zero attached hydrogens (tertiary/aromatic N) is 4. The Morgan fingerprint density at radius 2 is 1.82 bits per heavy atom. The number of aromatic nitrogens is 1. The van der Waals surface area contributed by atoms with E-state index in [1.807, 2.05) is 6.92 Å². The van der Waals surface area contributed by atoms with E-state index in [0.29, 0.717) is 23.8 Å². The van der Waals surface area contributed by atoms with Gasteiger partial charge in [-0.25, -0.2) is 13.4 Å². The quantitative estimate of drug-likeness (QED) is 0.385. The Morgan fingerprint density at radius 1 is 1.08 bits per heavy atom. The lowest BCUT2D eigenvalue weighted by atomic mass is 10.1. The minimum Gasteiger partial charge on any atom is -0.379 e. The first-order valence-electron chi connectivity index (χ1n) is 13.9. The number of thiazole rings is 1. The first-order valence-corrected chi connectivity index (χ1v) is 16.1. The van der Waals surface area contributed by atoms with Crippen LogP contribution in [0.5, 0.6) is 0 Å². The second-order valence-electron chi connectivity index (χ2n) is 10.6. The summed E-state index contributed by atoms with van der Waals surface area (Å²) in [5.74, 6) is -0.166. The van der Waals surface area contributed by atoms with Crippen LogP contribution in [0.1, 0.15) is 54.1 Å². The highest BCUT2D eigenvalue weighted by atomic mass is 32.2. The normalized spacial score (nSPS) is 19.4. The number of hydrogen-bond acceptors (Lipinski definition) is 7. The Hall–Kier alpha value is -2.37. The Bertz CT molecular complexity index is 1420. The van der Waals surface area contributed by atoms with Gasteiger partial charge in [-0.15, -0.1) is 0 Å². The van der Waals surface area contributed by atoms with E-state index in [1.54, 1.807) is 33.5 Å². The molecule has 39 heavy (non-hydrogen) atoms. The summed E-state index contributed by atoms with van der Waals surface area (Å²) in [6.45, 7) is 11.3. The van der Waals surface area contributed by atoms with Crippen LogP contribution < -0.4 is 4.90 Å². The molecular formula is C29H38N4O4S2. The molecule has 5 rings (SSSR count). The maximum absolute atomic E-state index is 13.9. The number of amides is 1. The van der Waals surface area contributed by atoms with Crippen LogP contribution in [0.2, 0.25) is 0 Å². The number of rotatable bonds is 8. The second-order valence-corrected chi connectivity index (χ2v) is 13.5. The van der Waals surface area contributed by atoms with E-state index in [0.717, 1.165) is 74.3 Å². The molecule has 2 fully saturated rings. The molecule has 0 N–H and O–H groups in total. The summed E-state index contributed by atoms with van der Waals surface area (Å²) < 4.78 is 34.7. The Kier molecular flexibility index (Phi) is 8.68. The molecule has 0 bridgehead atoms. The van der Waals surface area contributed by atoms with Gasteiger partial charge < -0.3 is 4.74 Å². The van der Waals surface area contributed by atoms with Gasteiger partial charge in [-0.2, -0.15) is 4.31 Å². The molecule has 1 aromatic heterocycles. The van der Waals surface area contributed by atoms with E-state index in [2.05, 4.69) is 30.9 Å². The average Bonchev–Trinajstić information content (AvgIpc) is 3.38. The van der Waals surface area contributed by atoms with Crippen LogP contribution in [0.3, 0.4) is 0 Å². The van der Waals surface area contributed by atoms with Gasteiger partial charge in [0, 0.05) is 44.3 Å². The molecule has 1 amide bonds. The van der Waals surface area contributed by atoms with Crippen molar-refractivity contribution in [3.63, 3.8) is 0 Å². The number of benzene rings is 2. The lowest BCUT2D eigenvalue weighted by molar-refractivity contribution is 0.0376. The van der Waals surface area contributed by atoms with Crippen molar-refractivity contribution < 1.29 is 17.9 Å². The van der Waals surface area contributed by atoms with E-state index < -0.39 is 10.0 Å². The zero-order valence-electron chi connectivity index (χ0n) is 23.1. The number of hydrogen-bond donors (Lipinski definition) is 0. The van der Waals surface area contributed by atoms with E-state index in [4.69, 9.17) is 9.72 Å². The van der Waals surface area contributed by atoms with Crippen molar-refractivity contribution in [2.45, 2.75) is 57.4 Å². The molecule has 0 saturated carbocycles. The van der Waals surface area contributed by atoms with Crippen LogP contribution in [-0.4, -0.2) is 80.5 Å². The molecule has 210 valence electrons. The molecule has 1 atom stereocenters. The summed E-state index contributed by atoms with van der Waals surface area (Å²) in [6, 6.07) is 10.6. The second kappa shape index (κ2) is 12.0. The van der Waals surface area contributed by atoms with Crippen LogP contribution in [0, 0.1) is 13.8 Å². The molecule has 2 aliphatic rings. The van der Waals surface area contributed by atoms with Gasteiger partial charge in [0.2, 0.25) is 10.0 Å². The number of anilines is 1. The lowest BCUT2D eigenvalue weighted by Gasteiger charge is -2.32. The highest BCUT2D eigenvalue weighted by Crippen LogP contribution is 2.33. The van der Waals surface area contributed by atoms with Crippen molar-refractivity contribution in [2.24, 2.45) is 0 Å². The lowest BCUT2D eigenvalue weighted by Crippen LogP contribution is -2.41. The topological polar surface area (TPSA) is 83.0 Å². The molecule has 10 heteroatoms. The maximum Gasteiger partial charge on any atom is 0.260 e. The molecule has 0 aliphatic carbocycles. The van der Waals surface area contributed by atoms with E-state index in [-0.39, 0.29) is 16.8 Å². The van der Waals surface area contributed by atoms with Gasteiger partial charge >= 0.3 is 0 Å². The standard InChI is InChI=1S/C29H38N4O4S2/c1-21-8-13-26-27(23(21)3)30-29(38-26)32(15-6-14-31-17-19-37-20-18-31)28(34)24-9-11-25(12-10-24)39(35,36)33-16-5-4-7-22(33)2/h8-13,22H,4-7,14-20H2,1-3H3. The van der Waals surface area contributed by atoms with Crippen LogP contribution in [0.25, 0.3) is 10.2 Å². The molecule has 8 nitrogen and oxygen atoms in total. The van der Waals surface area contributed by atoms with Crippen LogP contribution in [0.4, 0.5) is 5.13 Å². The van der Waals surface area contributed by atoms with E-state index in [1.165, 1.54) is 16.9 Å². The van der Waals surface area contributed by atoms with Gasteiger partial charge in [-0.1, -0.05) is 23.8 Å². The molecule has 3 aromatic rings. The third-order valence-corrected chi connectivity index (χ3v) is 11.0. The summed E-state index contributed by atoms with van der Waals surface area (Å²) >= 11 is 1.52. The number of ether oxygens (including phenoxy) is 1. The van der Waals surface area contributed by atoms with Crippen molar-refractivity contribution in [1.29, 1.82) is 0 Å². The zero-order valence-corrected chi connectivity index (χ0v) is 24.7. The number of carbonyl (C=O) groups is 1. The van der Waals surface area contributed by atoms with Gasteiger partial charge in [-0.05, 0) is 81.5 Å². The molecule has 2 aliphatic heterocycles. The van der Waals surface area contributed by atoms with Crippen LogP contribution in [0.15, 0.2) is 41.3 Å². The first-order chi connectivity index (χ1) is 18.8. The zero-order chi connectivity index (χ0) is 27.6.